The number of ether oxygens (including phenoxy) is 1. The first-order valence-corrected chi connectivity index (χ1v) is 9.43. The molecule has 3 aromatic rings. The molecule has 152 valence electrons. The summed E-state index contributed by atoms with van der Waals surface area (Å²) < 4.78 is 11.1. The van der Waals surface area contributed by atoms with Crippen LogP contribution >= 0.6 is 0 Å². The van der Waals surface area contributed by atoms with Crippen molar-refractivity contribution in [1.29, 1.82) is 0 Å². The van der Waals surface area contributed by atoms with E-state index in [4.69, 9.17) is 9.15 Å². The van der Waals surface area contributed by atoms with Gasteiger partial charge in [0, 0.05) is 24.1 Å². The van der Waals surface area contributed by atoms with E-state index in [0.717, 1.165) is 25.3 Å². The zero-order chi connectivity index (χ0) is 21.0. The van der Waals surface area contributed by atoms with Gasteiger partial charge in [0.15, 0.2) is 5.76 Å². The minimum atomic E-state index is -0.728. The third kappa shape index (κ3) is 4.51. The van der Waals surface area contributed by atoms with Gasteiger partial charge in [-0.25, -0.2) is 0 Å². The highest BCUT2D eigenvalue weighted by Crippen LogP contribution is 2.36. The first kappa shape index (κ1) is 20.3. The number of carbonyl (C=O) groups excluding carboxylic acids is 1. The highest BCUT2D eigenvalue weighted by molar-refractivity contribution is 5.89. The molecule has 1 heterocycles. The van der Waals surface area contributed by atoms with E-state index in [1.165, 1.54) is 30.3 Å². The normalized spacial score (nSPS) is 10.9. The fraction of sp³-hybridized carbons (Fsp3) is 0.273. The Morgan fingerprint density at radius 1 is 1.00 bits per heavy atom. The summed E-state index contributed by atoms with van der Waals surface area (Å²) in [6, 6.07) is 8.00. The van der Waals surface area contributed by atoms with Gasteiger partial charge in [-0.3, -0.25) is 9.59 Å². The van der Waals surface area contributed by atoms with E-state index in [-0.39, 0.29) is 40.4 Å². The van der Waals surface area contributed by atoms with E-state index >= 15 is 0 Å². The second-order valence-corrected chi connectivity index (χ2v) is 6.76. The number of esters is 1. The minimum absolute atomic E-state index is 0.0154. The molecule has 0 saturated heterocycles. The number of carbonyl (C=O) groups is 1. The van der Waals surface area contributed by atoms with Crippen LogP contribution in [0.5, 0.6) is 23.0 Å². The molecule has 29 heavy (non-hydrogen) atoms. The van der Waals surface area contributed by atoms with Crippen LogP contribution in [-0.2, 0) is 4.79 Å². The van der Waals surface area contributed by atoms with Crippen molar-refractivity contribution in [1.82, 2.24) is 0 Å². The van der Waals surface area contributed by atoms with Crippen molar-refractivity contribution in [2.75, 3.05) is 0 Å². The maximum Gasteiger partial charge on any atom is 0.311 e. The fourth-order valence-electron chi connectivity index (χ4n) is 3.02. The summed E-state index contributed by atoms with van der Waals surface area (Å²) in [6.07, 6.45) is 3.69. The standard InChI is InChI=1S/C22H22O7/c1-2-3-4-5-6-18(26)29-22-20(27)19-16(25)11-15(24)12-17(19)28-21(22)13-7-9-14(23)10-8-13/h7-12,23-25H,2-6H2,1H3. The molecule has 2 aromatic carbocycles. The number of aromatic hydroxyl groups is 3. The van der Waals surface area contributed by atoms with Crippen LogP contribution in [-0.4, -0.2) is 21.3 Å². The highest BCUT2D eigenvalue weighted by Gasteiger charge is 2.22. The Morgan fingerprint density at radius 3 is 2.41 bits per heavy atom. The largest absolute Gasteiger partial charge is 0.508 e. The van der Waals surface area contributed by atoms with Crippen LogP contribution in [0.1, 0.15) is 39.0 Å². The first-order valence-electron chi connectivity index (χ1n) is 9.43. The van der Waals surface area contributed by atoms with E-state index in [1.807, 2.05) is 0 Å². The third-order valence-electron chi connectivity index (χ3n) is 4.50. The topological polar surface area (TPSA) is 117 Å². The van der Waals surface area contributed by atoms with Crippen LogP contribution < -0.4 is 10.2 Å². The molecule has 3 rings (SSSR count). The number of benzene rings is 2. The van der Waals surface area contributed by atoms with E-state index < -0.39 is 17.1 Å². The van der Waals surface area contributed by atoms with Crippen LogP contribution in [0.4, 0.5) is 0 Å². The molecular formula is C22H22O7. The monoisotopic (exact) mass is 398 g/mol. The van der Waals surface area contributed by atoms with E-state index in [1.54, 1.807) is 0 Å². The summed E-state index contributed by atoms with van der Waals surface area (Å²) in [7, 11) is 0. The van der Waals surface area contributed by atoms with Gasteiger partial charge in [-0.05, 0) is 30.7 Å². The van der Waals surface area contributed by atoms with Crippen LogP contribution in [0.15, 0.2) is 45.6 Å². The summed E-state index contributed by atoms with van der Waals surface area (Å²) in [5.41, 5.74) is -0.398. The summed E-state index contributed by atoms with van der Waals surface area (Å²) in [4.78, 5) is 25.3. The van der Waals surface area contributed by atoms with Crippen LogP contribution in [0.2, 0.25) is 0 Å². The molecule has 0 aliphatic rings. The second kappa shape index (κ2) is 8.68. The smallest absolute Gasteiger partial charge is 0.311 e. The number of phenols is 3. The molecule has 7 heteroatoms. The van der Waals surface area contributed by atoms with Gasteiger partial charge in [0.25, 0.3) is 0 Å². The Labute approximate surface area is 166 Å². The average molecular weight is 398 g/mol. The number of rotatable bonds is 7. The summed E-state index contributed by atoms with van der Waals surface area (Å²) in [5, 5.41) is 29.1. The van der Waals surface area contributed by atoms with Gasteiger partial charge >= 0.3 is 5.97 Å². The van der Waals surface area contributed by atoms with Crippen LogP contribution in [0.25, 0.3) is 22.3 Å². The molecule has 0 amide bonds. The predicted octanol–water partition coefficient (Wildman–Crippen LogP) is 4.45. The van der Waals surface area contributed by atoms with Crippen molar-refractivity contribution in [3.05, 3.63) is 46.6 Å². The van der Waals surface area contributed by atoms with Crippen molar-refractivity contribution in [3.8, 4) is 34.3 Å². The molecular weight excluding hydrogens is 376 g/mol. The van der Waals surface area contributed by atoms with Crippen molar-refractivity contribution in [3.63, 3.8) is 0 Å². The summed E-state index contributed by atoms with van der Waals surface area (Å²) in [6.45, 7) is 2.06. The van der Waals surface area contributed by atoms with Crippen molar-refractivity contribution in [2.24, 2.45) is 0 Å². The van der Waals surface area contributed by atoms with Gasteiger partial charge in [0.1, 0.15) is 28.2 Å². The molecule has 0 saturated carbocycles. The molecule has 0 aliphatic carbocycles. The lowest BCUT2D eigenvalue weighted by molar-refractivity contribution is -0.134. The molecule has 0 fully saturated rings. The van der Waals surface area contributed by atoms with Crippen LogP contribution in [0.3, 0.4) is 0 Å². The lowest BCUT2D eigenvalue weighted by Gasteiger charge is -2.11. The number of phenolic OH excluding ortho intramolecular Hbond substituents is 3. The Morgan fingerprint density at radius 2 is 1.72 bits per heavy atom. The van der Waals surface area contributed by atoms with Gasteiger partial charge in [-0.15, -0.1) is 0 Å². The summed E-state index contributed by atoms with van der Waals surface area (Å²) in [5.74, 6) is -1.70. The Kier molecular flexibility index (Phi) is 6.07. The van der Waals surface area contributed by atoms with E-state index in [9.17, 15) is 24.9 Å². The minimum Gasteiger partial charge on any atom is -0.508 e. The SMILES string of the molecule is CCCCCCC(=O)Oc1c(-c2ccc(O)cc2)oc2cc(O)cc(O)c2c1=O. The Bertz CT molecular complexity index is 1080. The molecule has 1 aromatic heterocycles. The highest BCUT2D eigenvalue weighted by atomic mass is 16.5. The van der Waals surface area contributed by atoms with Crippen LogP contribution in [0, 0.1) is 0 Å². The molecule has 3 N–H and O–H groups in total. The third-order valence-corrected chi connectivity index (χ3v) is 4.50. The molecule has 0 spiro atoms. The maximum absolute atomic E-state index is 13.0. The zero-order valence-corrected chi connectivity index (χ0v) is 16.0. The number of fused-ring (bicyclic) bond motifs is 1. The molecule has 0 atom stereocenters. The lowest BCUT2D eigenvalue weighted by atomic mass is 10.1. The number of hydrogen-bond donors (Lipinski definition) is 3. The van der Waals surface area contributed by atoms with Crippen molar-refractivity contribution in [2.45, 2.75) is 39.0 Å². The van der Waals surface area contributed by atoms with Gasteiger partial charge < -0.3 is 24.5 Å². The second-order valence-electron chi connectivity index (χ2n) is 6.76. The van der Waals surface area contributed by atoms with Crippen molar-refractivity contribution < 1.29 is 29.3 Å². The number of unbranched alkanes of at least 4 members (excludes halogenated alkanes) is 3. The Hall–Kier alpha value is -3.48. The fourth-order valence-corrected chi connectivity index (χ4v) is 3.02. The molecule has 0 unspecified atom stereocenters. The zero-order valence-electron chi connectivity index (χ0n) is 16.0. The summed E-state index contributed by atoms with van der Waals surface area (Å²) >= 11 is 0. The lowest BCUT2D eigenvalue weighted by Crippen LogP contribution is -2.16. The average Bonchev–Trinajstić information content (AvgIpc) is 2.67. The maximum atomic E-state index is 13.0. The molecule has 0 radical (unpaired) electrons. The quantitative estimate of drug-likeness (QED) is 0.397. The number of hydrogen-bond acceptors (Lipinski definition) is 7. The van der Waals surface area contributed by atoms with Crippen molar-refractivity contribution >= 4 is 16.9 Å². The van der Waals surface area contributed by atoms with Gasteiger partial charge in [-0.2, -0.15) is 0 Å². The van der Waals surface area contributed by atoms with E-state index in [0.29, 0.717) is 12.0 Å². The molecule has 0 bridgehead atoms. The van der Waals surface area contributed by atoms with E-state index in [2.05, 4.69) is 6.92 Å². The first-order chi connectivity index (χ1) is 13.9. The molecule has 0 aliphatic heterocycles. The van der Waals surface area contributed by atoms with Gasteiger partial charge in [0.2, 0.25) is 11.2 Å². The predicted molar refractivity (Wildman–Crippen MR) is 107 cm³/mol. The van der Waals surface area contributed by atoms with Gasteiger partial charge in [0.05, 0.1) is 0 Å². The molecule has 7 nitrogen and oxygen atoms in total. The Balaban J connectivity index is 2.08. The van der Waals surface area contributed by atoms with Gasteiger partial charge in [-0.1, -0.05) is 26.2 Å².